The van der Waals surface area contributed by atoms with E-state index in [4.69, 9.17) is 12.2 Å². The number of pyridine rings is 1. The van der Waals surface area contributed by atoms with Crippen molar-refractivity contribution in [1.82, 2.24) is 24.7 Å². The second-order valence-corrected chi connectivity index (χ2v) is 9.35. The first-order valence-electron chi connectivity index (χ1n) is 11.4. The molecule has 2 aromatic heterocycles. The molecule has 1 aliphatic heterocycles. The van der Waals surface area contributed by atoms with E-state index >= 15 is 0 Å². The fraction of sp³-hybridized carbons (Fsp3) is 0.346. The molecule has 3 aromatic rings. The predicted molar refractivity (Wildman–Crippen MR) is 138 cm³/mol. The van der Waals surface area contributed by atoms with Crippen LogP contribution in [0.25, 0.3) is 5.69 Å². The summed E-state index contributed by atoms with van der Waals surface area (Å²) in [5, 5.41) is 14.0. The lowest BCUT2D eigenvalue weighted by Crippen LogP contribution is -2.32. The van der Waals surface area contributed by atoms with Crippen LogP contribution in [-0.4, -0.2) is 62.7 Å². The molecule has 0 spiro atoms. The Morgan fingerprint density at radius 2 is 1.91 bits per heavy atom. The summed E-state index contributed by atoms with van der Waals surface area (Å²) in [6.45, 7) is 5.84. The molecular formula is C26H31N5O2S. The van der Waals surface area contributed by atoms with Crippen molar-refractivity contribution in [2.75, 3.05) is 27.2 Å². The molecule has 0 amide bonds. The molecule has 4 rings (SSSR count). The Balaban J connectivity index is 1.81. The lowest BCUT2D eigenvalue weighted by atomic mass is 9.96. The number of carboxylic acid groups (broad SMARTS) is 1. The van der Waals surface area contributed by atoms with Gasteiger partial charge in [0.15, 0.2) is 5.11 Å². The fourth-order valence-electron chi connectivity index (χ4n) is 4.85. The number of benzene rings is 1. The lowest BCUT2D eigenvalue weighted by Gasteiger charge is -2.28. The number of aromatic nitrogens is 2. The van der Waals surface area contributed by atoms with E-state index in [-0.39, 0.29) is 17.6 Å². The van der Waals surface area contributed by atoms with Crippen LogP contribution >= 0.6 is 12.2 Å². The zero-order valence-electron chi connectivity index (χ0n) is 20.0. The van der Waals surface area contributed by atoms with E-state index in [9.17, 15) is 9.90 Å². The van der Waals surface area contributed by atoms with E-state index < -0.39 is 5.97 Å². The minimum absolute atomic E-state index is 0.0542. The first kappa shape index (κ1) is 23.9. The van der Waals surface area contributed by atoms with Crippen molar-refractivity contribution in [3.63, 3.8) is 0 Å². The van der Waals surface area contributed by atoms with Crippen LogP contribution < -0.4 is 5.32 Å². The third kappa shape index (κ3) is 4.56. The summed E-state index contributed by atoms with van der Waals surface area (Å²) < 4.78 is 2.04. The molecule has 1 saturated heterocycles. The zero-order chi connectivity index (χ0) is 24.4. The van der Waals surface area contributed by atoms with E-state index in [1.807, 2.05) is 41.8 Å². The van der Waals surface area contributed by atoms with Crippen LogP contribution in [0, 0.1) is 13.8 Å². The van der Waals surface area contributed by atoms with Crippen molar-refractivity contribution in [3.8, 4) is 5.69 Å². The van der Waals surface area contributed by atoms with Crippen molar-refractivity contribution < 1.29 is 9.90 Å². The van der Waals surface area contributed by atoms with Crippen molar-refractivity contribution in [2.45, 2.75) is 32.4 Å². The van der Waals surface area contributed by atoms with Crippen LogP contribution in [0.2, 0.25) is 0 Å². The molecule has 0 aliphatic carbocycles. The molecule has 0 saturated carbocycles. The second-order valence-electron chi connectivity index (χ2n) is 8.96. The van der Waals surface area contributed by atoms with Crippen molar-refractivity contribution in [2.24, 2.45) is 0 Å². The number of thiocarbonyl (C=S) groups is 1. The monoisotopic (exact) mass is 477 g/mol. The molecule has 1 fully saturated rings. The van der Waals surface area contributed by atoms with Crippen LogP contribution in [0.4, 0.5) is 0 Å². The molecule has 2 N–H and O–H groups in total. The highest BCUT2D eigenvalue weighted by molar-refractivity contribution is 7.80. The van der Waals surface area contributed by atoms with Crippen LogP contribution in [0.3, 0.4) is 0 Å². The molecule has 1 aliphatic rings. The first-order chi connectivity index (χ1) is 16.3. The van der Waals surface area contributed by atoms with E-state index in [0.717, 1.165) is 47.3 Å². The van der Waals surface area contributed by atoms with Crippen LogP contribution in [0.15, 0.2) is 54.7 Å². The van der Waals surface area contributed by atoms with E-state index in [0.29, 0.717) is 5.69 Å². The predicted octanol–water partition coefficient (Wildman–Crippen LogP) is 4.11. The summed E-state index contributed by atoms with van der Waals surface area (Å²) in [5.41, 5.74) is 4.97. The summed E-state index contributed by atoms with van der Waals surface area (Å²) in [7, 11) is 4.14. The number of nitrogens with zero attached hydrogens (tertiary/aromatic N) is 4. The quantitative estimate of drug-likeness (QED) is 0.473. The number of nitrogens with one attached hydrogen (secondary N) is 1. The molecule has 178 valence electrons. The summed E-state index contributed by atoms with van der Waals surface area (Å²) in [4.78, 5) is 21.0. The number of aryl methyl sites for hydroxylation is 1. The minimum atomic E-state index is -0.940. The molecule has 1 aromatic carbocycles. The Labute approximate surface area is 206 Å². The molecule has 0 unspecified atom stereocenters. The second kappa shape index (κ2) is 9.95. The Morgan fingerprint density at radius 3 is 2.59 bits per heavy atom. The summed E-state index contributed by atoms with van der Waals surface area (Å²) in [6.07, 6.45) is 2.78. The normalized spacial score (nSPS) is 17.9. The van der Waals surface area contributed by atoms with Crippen molar-refractivity contribution >= 4 is 23.3 Å². The summed E-state index contributed by atoms with van der Waals surface area (Å²) >= 11 is 5.79. The van der Waals surface area contributed by atoms with Gasteiger partial charge < -0.3 is 24.8 Å². The fourth-order valence-corrected chi connectivity index (χ4v) is 5.18. The Bertz CT molecular complexity index is 1190. The maximum absolute atomic E-state index is 11.9. The molecule has 8 heteroatoms. The van der Waals surface area contributed by atoms with E-state index in [1.165, 1.54) is 0 Å². The first-order valence-corrected chi connectivity index (χ1v) is 11.8. The molecular weight excluding hydrogens is 446 g/mol. The van der Waals surface area contributed by atoms with Crippen molar-refractivity contribution in [3.05, 3.63) is 82.9 Å². The van der Waals surface area contributed by atoms with Gasteiger partial charge in [-0.2, -0.15) is 0 Å². The standard InChI is InChI=1S/C26H31N5O2S/c1-17-16-20(18(2)31(17)22-12-6-5-10-19(22)25(32)33)24-23(21-11-7-8-13-27-21)28-26(34)30(24)15-9-14-29(3)4/h5-8,10-13,16,23-24H,9,14-15H2,1-4H3,(H,28,34)(H,32,33)/t23-,24+/m0/s1. The van der Waals surface area contributed by atoms with Gasteiger partial charge in [0.2, 0.25) is 0 Å². The van der Waals surface area contributed by atoms with E-state index in [1.54, 1.807) is 18.3 Å². The lowest BCUT2D eigenvalue weighted by molar-refractivity contribution is 0.0697. The van der Waals surface area contributed by atoms with Gasteiger partial charge in [-0.1, -0.05) is 18.2 Å². The summed E-state index contributed by atoms with van der Waals surface area (Å²) in [5.74, 6) is -0.940. The van der Waals surface area contributed by atoms with Gasteiger partial charge in [0, 0.05) is 24.1 Å². The topological polar surface area (TPSA) is 73.6 Å². The largest absolute Gasteiger partial charge is 0.478 e. The number of hydrogen-bond donors (Lipinski definition) is 2. The maximum Gasteiger partial charge on any atom is 0.337 e. The number of aromatic carboxylic acids is 1. The third-order valence-corrected chi connectivity index (χ3v) is 6.72. The van der Waals surface area contributed by atoms with Gasteiger partial charge in [-0.25, -0.2) is 4.79 Å². The maximum atomic E-state index is 11.9. The summed E-state index contributed by atoms with van der Waals surface area (Å²) in [6, 6.07) is 15.1. The van der Waals surface area contributed by atoms with Crippen LogP contribution in [0.1, 0.15) is 51.5 Å². The van der Waals surface area contributed by atoms with Crippen molar-refractivity contribution in [1.29, 1.82) is 0 Å². The molecule has 2 atom stereocenters. The van der Waals surface area contributed by atoms with E-state index in [2.05, 4.69) is 47.2 Å². The minimum Gasteiger partial charge on any atom is -0.478 e. The van der Waals surface area contributed by atoms with Gasteiger partial charge in [-0.05, 0) is 89.0 Å². The highest BCUT2D eigenvalue weighted by Crippen LogP contribution is 2.41. The van der Waals surface area contributed by atoms with Gasteiger partial charge in [0.05, 0.1) is 29.0 Å². The average Bonchev–Trinajstić information content (AvgIpc) is 3.29. The van der Waals surface area contributed by atoms with Gasteiger partial charge in [0.1, 0.15) is 0 Å². The van der Waals surface area contributed by atoms with Gasteiger partial charge in [-0.15, -0.1) is 0 Å². The Morgan fingerprint density at radius 1 is 1.18 bits per heavy atom. The number of carbonyl (C=O) groups is 1. The molecule has 0 bridgehead atoms. The number of hydrogen-bond acceptors (Lipinski definition) is 4. The average molecular weight is 478 g/mol. The van der Waals surface area contributed by atoms with Crippen LogP contribution in [0.5, 0.6) is 0 Å². The molecule has 7 nitrogen and oxygen atoms in total. The smallest absolute Gasteiger partial charge is 0.337 e. The highest BCUT2D eigenvalue weighted by Gasteiger charge is 2.41. The van der Waals surface area contributed by atoms with Gasteiger partial charge in [-0.3, -0.25) is 4.98 Å². The Hall–Kier alpha value is -3.23. The van der Waals surface area contributed by atoms with Gasteiger partial charge >= 0.3 is 5.97 Å². The van der Waals surface area contributed by atoms with Crippen LogP contribution in [-0.2, 0) is 0 Å². The molecule has 0 radical (unpaired) electrons. The zero-order valence-corrected chi connectivity index (χ0v) is 20.8. The number of carboxylic acids is 1. The third-order valence-electron chi connectivity index (χ3n) is 6.37. The SMILES string of the molecule is Cc1cc([C@@H]2[C@H](c3ccccn3)NC(=S)N2CCCN(C)C)c(C)n1-c1ccccc1C(=O)O. The number of rotatable bonds is 8. The Kier molecular flexibility index (Phi) is 7.00. The van der Waals surface area contributed by atoms with Gasteiger partial charge in [0.25, 0.3) is 0 Å². The molecule has 34 heavy (non-hydrogen) atoms. The highest BCUT2D eigenvalue weighted by atomic mass is 32.1. The molecule has 3 heterocycles. The number of para-hydroxylation sites is 1.